The van der Waals surface area contributed by atoms with Crippen molar-refractivity contribution in [3.05, 3.63) is 59.3 Å². The maximum atomic E-state index is 14.1. The fourth-order valence-electron chi connectivity index (χ4n) is 5.70. The summed E-state index contributed by atoms with van der Waals surface area (Å²) in [6, 6.07) is 3.94. The number of aromatic nitrogens is 6. The first-order valence-electron chi connectivity index (χ1n) is 14.6. The summed E-state index contributed by atoms with van der Waals surface area (Å²) < 4.78 is 48.3. The number of amides is 2. The molecule has 0 saturated carbocycles. The smallest absolute Gasteiger partial charge is 0.418 e. The molecule has 1 atom stereocenters. The molecule has 0 aliphatic carbocycles. The van der Waals surface area contributed by atoms with E-state index in [2.05, 4.69) is 47.5 Å². The van der Waals surface area contributed by atoms with Gasteiger partial charge in [0, 0.05) is 64.0 Å². The number of nitrogens with zero attached hydrogens (tertiary/aromatic N) is 8. The second kappa shape index (κ2) is 12.3. The summed E-state index contributed by atoms with van der Waals surface area (Å²) in [5, 5.41) is 13.2. The van der Waals surface area contributed by atoms with Gasteiger partial charge in [0.2, 0.25) is 5.65 Å². The number of rotatable bonds is 7. The minimum Gasteiger partial charge on any atom is -0.453 e. The SMILES string of the molecule is CCC1CN(C(=O)Nc2cnc(CN3CCN(CC)CC3)c(C(F)(F)F)c2)Cc2cc(Oc3ccnc4n[nH]nc34)cnc21. The van der Waals surface area contributed by atoms with E-state index in [1.54, 1.807) is 23.4 Å². The zero-order valence-electron chi connectivity index (χ0n) is 24.4. The largest absolute Gasteiger partial charge is 0.453 e. The summed E-state index contributed by atoms with van der Waals surface area (Å²) >= 11 is 0. The molecule has 2 N–H and O–H groups in total. The van der Waals surface area contributed by atoms with Crippen molar-refractivity contribution in [2.45, 2.75) is 45.5 Å². The highest BCUT2D eigenvalue weighted by atomic mass is 19.4. The average Bonchev–Trinajstić information content (AvgIpc) is 3.51. The molecule has 1 fully saturated rings. The molecule has 2 aliphatic rings. The zero-order valence-corrected chi connectivity index (χ0v) is 24.4. The molecule has 232 valence electrons. The second-order valence-electron chi connectivity index (χ2n) is 11.0. The molecule has 15 heteroatoms. The van der Waals surface area contributed by atoms with Crippen LogP contribution >= 0.6 is 0 Å². The monoisotopic (exact) mass is 610 g/mol. The van der Waals surface area contributed by atoms with Crippen LogP contribution in [0.1, 0.15) is 48.7 Å². The molecule has 1 unspecified atom stereocenters. The number of nitrogens with one attached hydrogen (secondary N) is 2. The number of anilines is 1. The van der Waals surface area contributed by atoms with E-state index in [0.29, 0.717) is 42.3 Å². The molecule has 0 radical (unpaired) electrons. The fraction of sp³-hybridized carbons (Fsp3) is 0.448. The quantitative estimate of drug-likeness (QED) is 0.308. The Morgan fingerprint density at radius 2 is 1.86 bits per heavy atom. The van der Waals surface area contributed by atoms with Gasteiger partial charge in [-0.1, -0.05) is 13.8 Å². The van der Waals surface area contributed by atoms with E-state index in [4.69, 9.17) is 4.74 Å². The molecule has 6 heterocycles. The summed E-state index contributed by atoms with van der Waals surface area (Å²) in [6.45, 7) is 8.63. The van der Waals surface area contributed by atoms with Gasteiger partial charge in [-0.15, -0.1) is 5.10 Å². The van der Waals surface area contributed by atoms with Gasteiger partial charge in [-0.05, 0) is 30.7 Å². The zero-order chi connectivity index (χ0) is 30.8. The summed E-state index contributed by atoms with van der Waals surface area (Å²) in [7, 11) is 0. The van der Waals surface area contributed by atoms with Crippen molar-refractivity contribution in [1.29, 1.82) is 0 Å². The number of alkyl halides is 3. The van der Waals surface area contributed by atoms with E-state index in [9.17, 15) is 18.0 Å². The lowest BCUT2D eigenvalue weighted by Crippen LogP contribution is -2.45. The molecule has 1 saturated heterocycles. The second-order valence-corrected chi connectivity index (χ2v) is 11.0. The molecular formula is C29H33F3N10O2. The highest BCUT2D eigenvalue weighted by Crippen LogP contribution is 2.35. The lowest BCUT2D eigenvalue weighted by Gasteiger charge is -2.34. The van der Waals surface area contributed by atoms with Crippen LogP contribution in [0, 0.1) is 0 Å². The van der Waals surface area contributed by atoms with Crippen molar-refractivity contribution < 1.29 is 22.7 Å². The number of hydrogen-bond acceptors (Lipinski definition) is 9. The Morgan fingerprint density at radius 1 is 1.07 bits per heavy atom. The maximum absolute atomic E-state index is 14.1. The Bertz CT molecular complexity index is 1640. The third-order valence-corrected chi connectivity index (χ3v) is 8.17. The summed E-state index contributed by atoms with van der Waals surface area (Å²) in [4.78, 5) is 32.1. The topological polar surface area (TPSA) is 128 Å². The molecule has 2 aliphatic heterocycles. The molecule has 4 aromatic rings. The van der Waals surface area contributed by atoms with E-state index in [1.807, 2.05) is 17.9 Å². The summed E-state index contributed by atoms with van der Waals surface area (Å²) in [6.07, 6.45) is 0.589. The molecule has 12 nitrogen and oxygen atoms in total. The predicted octanol–water partition coefficient (Wildman–Crippen LogP) is 4.63. The van der Waals surface area contributed by atoms with Gasteiger partial charge in [0.05, 0.1) is 35.0 Å². The van der Waals surface area contributed by atoms with Gasteiger partial charge in [-0.2, -0.15) is 23.5 Å². The van der Waals surface area contributed by atoms with Crippen LogP contribution in [0.4, 0.5) is 23.7 Å². The minimum absolute atomic E-state index is 0.00903. The number of aromatic amines is 1. The first-order valence-corrected chi connectivity index (χ1v) is 14.6. The van der Waals surface area contributed by atoms with Crippen molar-refractivity contribution in [3.8, 4) is 11.5 Å². The highest BCUT2D eigenvalue weighted by molar-refractivity contribution is 5.89. The fourth-order valence-corrected chi connectivity index (χ4v) is 5.70. The molecular weight excluding hydrogens is 577 g/mol. The Morgan fingerprint density at radius 3 is 2.61 bits per heavy atom. The summed E-state index contributed by atoms with van der Waals surface area (Å²) in [5.74, 6) is 0.839. The first kappa shape index (κ1) is 29.7. The number of hydrogen-bond donors (Lipinski definition) is 2. The van der Waals surface area contributed by atoms with E-state index >= 15 is 0 Å². The number of pyridine rings is 3. The third kappa shape index (κ3) is 6.28. The Balaban J connectivity index is 1.17. The van der Waals surface area contributed by atoms with E-state index < -0.39 is 17.8 Å². The van der Waals surface area contributed by atoms with Crippen LogP contribution in [-0.2, 0) is 19.3 Å². The standard InChI is InChI=1S/C29H33F3N10O2/c1-3-18-15-42(16-19-11-21(14-35-25(18)19)44-24-5-6-33-27-26(24)37-39-38-27)28(43)36-20-12-22(29(30,31)32)23(34-13-20)17-41-9-7-40(4-2)8-10-41/h5-6,11-14,18H,3-4,7-10,15-17H2,1-2H3,(H,36,43)(H,33,37,38,39). The Hall–Kier alpha value is -4.37. The molecule has 6 rings (SSSR count). The van der Waals surface area contributed by atoms with E-state index in [0.717, 1.165) is 43.4 Å². The number of carbonyl (C=O) groups is 1. The van der Waals surface area contributed by atoms with Crippen molar-refractivity contribution in [1.82, 2.24) is 45.1 Å². The van der Waals surface area contributed by atoms with Crippen LogP contribution in [0.2, 0.25) is 0 Å². The van der Waals surface area contributed by atoms with E-state index in [-0.39, 0.29) is 30.4 Å². The minimum atomic E-state index is -4.61. The number of piperazine rings is 1. The first-order chi connectivity index (χ1) is 21.2. The van der Waals surface area contributed by atoms with E-state index in [1.165, 1.54) is 6.20 Å². The van der Waals surface area contributed by atoms with Gasteiger partial charge < -0.3 is 19.9 Å². The lowest BCUT2D eigenvalue weighted by molar-refractivity contribution is -0.138. The summed E-state index contributed by atoms with van der Waals surface area (Å²) in [5.41, 5.74) is 1.62. The van der Waals surface area contributed by atoms with Crippen molar-refractivity contribution in [3.63, 3.8) is 0 Å². The molecule has 4 aromatic heterocycles. The molecule has 0 spiro atoms. The molecule has 44 heavy (non-hydrogen) atoms. The molecule has 0 aromatic carbocycles. The van der Waals surface area contributed by atoms with Gasteiger partial charge in [0.1, 0.15) is 5.75 Å². The van der Waals surface area contributed by atoms with Crippen molar-refractivity contribution >= 4 is 22.9 Å². The number of likely N-dealkylation sites (N-methyl/N-ethyl adjacent to an activating group) is 1. The third-order valence-electron chi connectivity index (χ3n) is 8.17. The van der Waals surface area contributed by atoms with Crippen LogP contribution in [0.25, 0.3) is 11.2 Å². The van der Waals surface area contributed by atoms with Gasteiger partial charge in [-0.25, -0.2) is 9.78 Å². The predicted molar refractivity (Wildman–Crippen MR) is 155 cm³/mol. The number of ether oxygens (including phenoxy) is 1. The lowest BCUT2D eigenvalue weighted by atomic mass is 9.92. The van der Waals surface area contributed by atoms with Crippen molar-refractivity contribution in [2.75, 3.05) is 44.6 Å². The van der Waals surface area contributed by atoms with Crippen molar-refractivity contribution in [2.24, 2.45) is 0 Å². The van der Waals surface area contributed by atoms with Gasteiger partial charge in [-0.3, -0.25) is 14.9 Å². The normalized spacial score (nSPS) is 17.9. The van der Waals surface area contributed by atoms with Crippen LogP contribution in [0.15, 0.2) is 36.8 Å². The van der Waals surface area contributed by atoms with Crippen LogP contribution in [-0.4, -0.2) is 90.4 Å². The molecule has 0 bridgehead atoms. The average molecular weight is 611 g/mol. The number of H-pyrrole nitrogens is 1. The Kier molecular flexibility index (Phi) is 8.31. The van der Waals surface area contributed by atoms with Gasteiger partial charge >= 0.3 is 12.2 Å². The number of halogens is 3. The number of urea groups is 1. The highest BCUT2D eigenvalue weighted by Gasteiger charge is 2.36. The molecule has 2 amide bonds. The Labute approximate surface area is 251 Å². The van der Waals surface area contributed by atoms with Gasteiger partial charge in [0.25, 0.3) is 0 Å². The maximum Gasteiger partial charge on any atom is 0.418 e. The van der Waals surface area contributed by atoms with Crippen LogP contribution in [0.3, 0.4) is 0 Å². The van der Waals surface area contributed by atoms with Gasteiger partial charge in [0.15, 0.2) is 11.3 Å². The number of fused-ring (bicyclic) bond motifs is 2. The van der Waals surface area contributed by atoms with Crippen LogP contribution < -0.4 is 10.1 Å². The van der Waals surface area contributed by atoms with Crippen LogP contribution in [0.5, 0.6) is 11.5 Å². The number of carbonyl (C=O) groups excluding carboxylic acids is 1.